The van der Waals surface area contributed by atoms with Crippen LogP contribution in [0.1, 0.15) is 17.3 Å². The molecule has 0 aliphatic carbocycles. The first-order valence-corrected chi connectivity index (χ1v) is 8.70. The van der Waals surface area contributed by atoms with Gasteiger partial charge in [-0.3, -0.25) is 14.5 Å². The third-order valence-corrected chi connectivity index (χ3v) is 4.02. The minimum absolute atomic E-state index is 0.201. The summed E-state index contributed by atoms with van der Waals surface area (Å²) >= 11 is 5.11. The van der Waals surface area contributed by atoms with Crippen LogP contribution in [0.3, 0.4) is 0 Å². The third kappa shape index (κ3) is 4.41. The summed E-state index contributed by atoms with van der Waals surface area (Å²) in [6.45, 7) is 2.26. The molecule has 28 heavy (non-hydrogen) atoms. The van der Waals surface area contributed by atoms with Crippen LogP contribution in [0.2, 0.25) is 0 Å². The first kappa shape index (κ1) is 19.2. The van der Waals surface area contributed by atoms with Crippen LogP contribution in [-0.4, -0.2) is 32.6 Å². The van der Waals surface area contributed by atoms with Gasteiger partial charge < -0.3 is 14.8 Å². The van der Waals surface area contributed by atoms with Crippen molar-refractivity contribution in [3.63, 3.8) is 0 Å². The number of anilines is 2. The van der Waals surface area contributed by atoms with Crippen molar-refractivity contribution in [2.75, 3.05) is 12.4 Å². The summed E-state index contributed by atoms with van der Waals surface area (Å²) in [6.07, 6.45) is 2.89. The standard InChI is InChI=1S/C18H17N5O4S/c1-3-23-17(25)21-16(22-18(23)28)20-12-4-6-13(7-5-12)27-14-8-11(9-19-10-14)15(24)26-2/h4-10H,3H2,1-2H3,(H2,20,21,22,25,28). The molecule has 3 aromatic rings. The molecule has 0 radical (unpaired) electrons. The first-order valence-electron chi connectivity index (χ1n) is 8.29. The maximum Gasteiger partial charge on any atom is 0.339 e. The Morgan fingerprint density at radius 1 is 1.25 bits per heavy atom. The highest BCUT2D eigenvalue weighted by Crippen LogP contribution is 2.24. The predicted molar refractivity (Wildman–Crippen MR) is 105 cm³/mol. The normalized spacial score (nSPS) is 10.4. The molecule has 0 atom stereocenters. The third-order valence-electron chi connectivity index (χ3n) is 3.71. The number of methoxy groups -OCH3 is 1. The van der Waals surface area contributed by atoms with Gasteiger partial charge in [-0.05, 0) is 49.5 Å². The Bertz CT molecular complexity index is 1080. The molecule has 10 heteroatoms. The second kappa shape index (κ2) is 8.44. The number of hydrogen-bond acceptors (Lipinski definition) is 8. The van der Waals surface area contributed by atoms with Crippen molar-refractivity contribution in [3.05, 3.63) is 63.5 Å². The number of hydrogen-bond donors (Lipinski definition) is 2. The Hall–Kier alpha value is -3.53. The number of nitrogens with one attached hydrogen (secondary N) is 2. The molecule has 0 unspecified atom stereocenters. The van der Waals surface area contributed by atoms with Crippen LogP contribution in [0.5, 0.6) is 11.5 Å². The lowest BCUT2D eigenvalue weighted by molar-refractivity contribution is 0.0600. The Balaban J connectivity index is 1.73. The van der Waals surface area contributed by atoms with Gasteiger partial charge >= 0.3 is 11.7 Å². The molecule has 0 amide bonds. The van der Waals surface area contributed by atoms with E-state index in [9.17, 15) is 9.59 Å². The Kier molecular flexibility index (Phi) is 5.80. The number of rotatable bonds is 6. The molecule has 0 bridgehead atoms. The molecule has 2 N–H and O–H groups in total. The molecule has 2 heterocycles. The van der Waals surface area contributed by atoms with Gasteiger partial charge in [-0.25, -0.2) is 9.59 Å². The van der Waals surface area contributed by atoms with E-state index in [1.807, 2.05) is 6.92 Å². The SMILES string of the molecule is CCn1c(=S)nc(Nc2ccc(Oc3cncc(C(=O)OC)c3)cc2)[nH]c1=O. The predicted octanol–water partition coefficient (Wildman–Crippen LogP) is 3.04. The van der Waals surface area contributed by atoms with Gasteiger partial charge in [0.2, 0.25) is 10.7 Å². The smallest absolute Gasteiger partial charge is 0.339 e. The maximum atomic E-state index is 11.9. The van der Waals surface area contributed by atoms with Crippen molar-refractivity contribution >= 4 is 29.8 Å². The molecular weight excluding hydrogens is 382 g/mol. The molecule has 9 nitrogen and oxygen atoms in total. The Morgan fingerprint density at radius 2 is 2.00 bits per heavy atom. The highest BCUT2D eigenvalue weighted by Gasteiger charge is 2.08. The van der Waals surface area contributed by atoms with Gasteiger partial charge in [0, 0.05) is 18.4 Å². The number of carbonyl (C=O) groups excluding carboxylic acids is 1. The van der Waals surface area contributed by atoms with Gasteiger partial charge in [0.25, 0.3) is 0 Å². The summed E-state index contributed by atoms with van der Waals surface area (Å²) in [5, 5.41) is 2.98. The number of pyridine rings is 1. The molecule has 1 aromatic carbocycles. The van der Waals surface area contributed by atoms with Crippen LogP contribution in [0.25, 0.3) is 0 Å². The van der Waals surface area contributed by atoms with E-state index in [0.29, 0.717) is 29.3 Å². The molecule has 144 valence electrons. The summed E-state index contributed by atoms with van der Waals surface area (Å²) in [5.74, 6) is 0.699. The van der Waals surface area contributed by atoms with Crippen LogP contribution in [0, 0.1) is 4.77 Å². The number of carbonyl (C=O) groups is 1. The van der Waals surface area contributed by atoms with Crippen molar-refractivity contribution in [2.24, 2.45) is 0 Å². The Morgan fingerprint density at radius 3 is 2.64 bits per heavy atom. The van der Waals surface area contributed by atoms with Crippen molar-refractivity contribution < 1.29 is 14.3 Å². The quantitative estimate of drug-likeness (QED) is 0.481. The monoisotopic (exact) mass is 399 g/mol. The summed E-state index contributed by atoms with van der Waals surface area (Å²) < 4.78 is 11.9. The minimum atomic E-state index is -0.493. The van der Waals surface area contributed by atoms with Crippen LogP contribution in [0.4, 0.5) is 11.6 Å². The van der Waals surface area contributed by atoms with E-state index >= 15 is 0 Å². The fourth-order valence-corrected chi connectivity index (χ4v) is 2.66. The van der Waals surface area contributed by atoms with Crippen molar-refractivity contribution in [3.8, 4) is 11.5 Å². The Labute approximate surface area is 165 Å². The van der Waals surface area contributed by atoms with E-state index in [1.54, 1.807) is 24.3 Å². The summed E-state index contributed by atoms with van der Waals surface area (Å²) in [5.41, 5.74) is 0.643. The number of nitrogens with zero attached hydrogens (tertiary/aromatic N) is 3. The molecule has 0 spiro atoms. The average molecular weight is 399 g/mol. The fourth-order valence-electron chi connectivity index (χ4n) is 2.36. The van der Waals surface area contributed by atoms with Gasteiger partial charge in [0.15, 0.2) is 0 Å². The number of aromatic amines is 1. The van der Waals surface area contributed by atoms with Crippen LogP contribution in [-0.2, 0) is 11.3 Å². The van der Waals surface area contributed by atoms with E-state index in [-0.39, 0.29) is 16.4 Å². The van der Waals surface area contributed by atoms with Crippen LogP contribution >= 0.6 is 12.2 Å². The molecule has 0 aliphatic rings. The lowest BCUT2D eigenvalue weighted by atomic mass is 10.2. The minimum Gasteiger partial charge on any atom is -0.465 e. The summed E-state index contributed by atoms with van der Waals surface area (Å²) in [6, 6.07) is 8.47. The van der Waals surface area contributed by atoms with Crippen LogP contribution < -0.4 is 15.7 Å². The van der Waals surface area contributed by atoms with E-state index < -0.39 is 5.97 Å². The number of ether oxygens (including phenoxy) is 2. The zero-order valence-electron chi connectivity index (χ0n) is 15.1. The van der Waals surface area contributed by atoms with Crippen molar-refractivity contribution in [1.82, 2.24) is 19.5 Å². The van der Waals surface area contributed by atoms with Gasteiger partial charge in [-0.1, -0.05) is 0 Å². The van der Waals surface area contributed by atoms with Gasteiger partial charge in [0.05, 0.1) is 18.9 Å². The lowest BCUT2D eigenvalue weighted by Gasteiger charge is -2.09. The van der Waals surface area contributed by atoms with Gasteiger partial charge in [-0.2, -0.15) is 4.98 Å². The molecule has 0 saturated heterocycles. The second-order valence-corrected chi connectivity index (χ2v) is 5.93. The van der Waals surface area contributed by atoms with Gasteiger partial charge in [0.1, 0.15) is 11.5 Å². The molecule has 0 fully saturated rings. The van der Waals surface area contributed by atoms with E-state index in [2.05, 4.69) is 25.0 Å². The molecule has 2 aromatic heterocycles. The van der Waals surface area contributed by atoms with E-state index in [1.165, 1.54) is 30.1 Å². The van der Waals surface area contributed by atoms with Crippen LogP contribution in [0.15, 0.2) is 47.5 Å². The highest BCUT2D eigenvalue weighted by molar-refractivity contribution is 7.71. The number of aromatic nitrogens is 4. The summed E-state index contributed by atoms with van der Waals surface area (Å²) in [7, 11) is 1.30. The topological polar surface area (TPSA) is 111 Å². The lowest BCUT2D eigenvalue weighted by Crippen LogP contribution is -2.25. The van der Waals surface area contributed by atoms with Crippen molar-refractivity contribution in [1.29, 1.82) is 0 Å². The molecule has 0 saturated carbocycles. The number of H-pyrrole nitrogens is 1. The summed E-state index contributed by atoms with van der Waals surface area (Å²) in [4.78, 5) is 34.2. The zero-order chi connectivity index (χ0) is 20.1. The van der Waals surface area contributed by atoms with E-state index in [0.717, 1.165) is 0 Å². The molecule has 0 aliphatic heterocycles. The van der Waals surface area contributed by atoms with E-state index in [4.69, 9.17) is 17.0 Å². The first-order chi connectivity index (χ1) is 13.5. The fraction of sp³-hybridized carbons (Fsp3) is 0.167. The second-order valence-electron chi connectivity index (χ2n) is 5.57. The number of benzene rings is 1. The maximum absolute atomic E-state index is 11.9. The average Bonchev–Trinajstić information content (AvgIpc) is 2.69. The number of esters is 1. The van der Waals surface area contributed by atoms with Gasteiger partial charge in [-0.15, -0.1) is 0 Å². The molecule has 3 rings (SSSR count). The van der Waals surface area contributed by atoms with Crippen molar-refractivity contribution in [2.45, 2.75) is 13.5 Å². The highest BCUT2D eigenvalue weighted by atomic mass is 32.1. The zero-order valence-corrected chi connectivity index (χ0v) is 15.9. The largest absolute Gasteiger partial charge is 0.465 e. The molecular formula is C18H17N5O4S.